The van der Waals surface area contributed by atoms with Crippen LogP contribution in [0, 0.1) is 11.3 Å². The number of hydrogen-bond acceptors (Lipinski definition) is 1. The normalized spacial score (nSPS) is 27.1. The van der Waals surface area contributed by atoms with Gasteiger partial charge in [-0.05, 0) is 37.0 Å². The monoisotopic (exact) mass is 182 g/mol. The molecule has 0 saturated heterocycles. The number of aliphatic carboxylic acids is 1. The second-order valence-corrected chi connectivity index (χ2v) is 4.77. The zero-order valence-electron chi connectivity index (χ0n) is 8.09. The minimum atomic E-state index is -0.594. The Morgan fingerprint density at radius 1 is 1.23 bits per heavy atom. The highest BCUT2D eigenvalue weighted by Gasteiger charge is 2.50. The van der Waals surface area contributed by atoms with Crippen molar-refractivity contribution in [2.45, 2.75) is 51.4 Å². The molecule has 0 spiro atoms. The van der Waals surface area contributed by atoms with Gasteiger partial charge in [0.1, 0.15) is 0 Å². The van der Waals surface area contributed by atoms with Gasteiger partial charge in [-0.1, -0.05) is 19.3 Å². The first-order valence-electron chi connectivity index (χ1n) is 5.45. The van der Waals surface area contributed by atoms with E-state index < -0.39 is 5.97 Å². The molecule has 0 unspecified atom stereocenters. The molecule has 0 atom stereocenters. The van der Waals surface area contributed by atoms with Crippen molar-refractivity contribution in [3.05, 3.63) is 0 Å². The van der Waals surface area contributed by atoms with Crippen molar-refractivity contribution in [1.82, 2.24) is 0 Å². The summed E-state index contributed by atoms with van der Waals surface area (Å²) >= 11 is 0. The lowest BCUT2D eigenvalue weighted by Gasteiger charge is -2.29. The molecule has 2 aliphatic carbocycles. The number of carbonyl (C=O) groups is 1. The zero-order chi connectivity index (χ0) is 9.31. The van der Waals surface area contributed by atoms with Crippen LogP contribution in [0.5, 0.6) is 0 Å². The van der Waals surface area contributed by atoms with Gasteiger partial charge in [0.2, 0.25) is 0 Å². The van der Waals surface area contributed by atoms with Crippen LogP contribution in [0.2, 0.25) is 0 Å². The maximum Gasteiger partial charge on any atom is 0.303 e. The lowest BCUT2D eigenvalue weighted by Crippen LogP contribution is -2.22. The van der Waals surface area contributed by atoms with Gasteiger partial charge in [0, 0.05) is 0 Å². The third-order valence-electron chi connectivity index (χ3n) is 3.87. The summed E-state index contributed by atoms with van der Waals surface area (Å²) in [6.45, 7) is 0. The average Bonchev–Trinajstić information content (AvgIpc) is 2.86. The van der Waals surface area contributed by atoms with Crippen molar-refractivity contribution in [3.8, 4) is 0 Å². The van der Waals surface area contributed by atoms with Crippen LogP contribution in [0.15, 0.2) is 0 Å². The van der Waals surface area contributed by atoms with Crippen molar-refractivity contribution in [1.29, 1.82) is 0 Å². The van der Waals surface area contributed by atoms with E-state index >= 15 is 0 Å². The quantitative estimate of drug-likeness (QED) is 0.728. The molecule has 0 heterocycles. The van der Waals surface area contributed by atoms with Crippen molar-refractivity contribution in [2.75, 3.05) is 0 Å². The van der Waals surface area contributed by atoms with E-state index in [-0.39, 0.29) is 5.41 Å². The van der Waals surface area contributed by atoms with E-state index in [4.69, 9.17) is 5.11 Å². The van der Waals surface area contributed by atoms with E-state index in [9.17, 15) is 4.79 Å². The van der Waals surface area contributed by atoms with E-state index in [0.29, 0.717) is 6.42 Å². The van der Waals surface area contributed by atoms with E-state index in [0.717, 1.165) is 5.92 Å². The first kappa shape index (κ1) is 9.04. The summed E-state index contributed by atoms with van der Waals surface area (Å²) in [4.78, 5) is 10.7. The van der Waals surface area contributed by atoms with Gasteiger partial charge in [-0.2, -0.15) is 0 Å². The van der Waals surface area contributed by atoms with Crippen LogP contribution in [0.25, 0.3) is 0 Å². The molecule has 0 aromatic carbocycles. The number of hydrogen-bond donors (Lipinski definition) is 1. The summed E-state index contributed by atoms with van der Waals surface area (Å²) in [5.74, 6) is 0.139. The maximum absolute atomic E-state index is 10.7. The van der Waals surface area contributed by atoms with Gasteiger partial charge in [0.15, 0.2) is 0 Å². The smallest absolute Gasteiger partial charge is 0.303 e. The molecule has 0 amide bonds. The fraction of sp³-hybridized carbons (Fsp3) is 0.909. The number of carboxylic acid groups (broad SMARTS) is 1. The Bertz CT molecular complexity index is 200. The number of carboxylic acids is 1. The Kier molecular flexibility index (Phi) is 2.31. The molecule has 2 rings (SSSR count). The van der Waals surface area contributed by atoms with Gasteiger partial charge in [-0.3, -0.25) is 4.79 Å². The van der Waals surface area contributed by atoms with Crippen LogP contribution in [0.1, 0.15) is 51.4 Å². The van der Waals surface area contributed by atoms with Gasteiger partial charge in [-0.15, -0.1) is 0 Å². The summed E-state index contributed by atoms with van der Waals surface area (Å²) < 4.78 is 0. The Morgan fingerprint density at radius 2 is 1.85 bits per heavy atom. The summed E-state index contributed by atoms with van der Waals surface area (Å²) in [7, 11) is 0. The van der Waals surface area contributed by atoms with Crippen LogP contribution in [-0.4, -0.2) is 11.1 Å². The van der Waals surface area contributed by atoms with Crippen molar-refractivity contribution < 1.29 is 9.90 Å². The lowest BCUT2D eigenvalue weighted by atomic mass is 9.76. The van der Waals surface area contributed by atoms with E-state index in [1.54, 1.807) is 0 Å². The summed E-state index contributed by atoms with van der Waals surface area (Å²) in [6.07, 6.45) is 9.35. The molecule has 2 saturated carbocycles. The van der Waals surface area contributed by atoms with Crippen LogP contribution in [-0.2, 0) is 4.79 Å². The molecule has 0 bridgehead atoms. The van der Waals surface area contributed by atoms with Gasteiger partial charge in [-0.25, -0.2) is 0 Å². The third-order valence-corrected chi connectivity index (χ3v) is 3.87. The van der Waals surface area contributed by atoms with Gasteiger partial charge in [0.25, 0.3) is 0 Å². The van der Waals surface area contributed by atoms with Gasteiger partial charge in [0.05, 0.1) is 6.42 Å². The Morgan fingerprint density at radius 3 is 2.31 bits per heavy atom. The maximum atomic E-state index is 10.7. The minimum Gasteiger partial charge on any atom is -0.481 e. The minimum absolute atomic E-state index is 0.242. The molecule has 0 aliphatic heterocycles. The van der Waals surface area contributed by atoms with Gasteiger partial charge >= 0.3 is 5.97 Å². The number of rotatable bonds is 3. The standard InChI is InChI=1S/C11H18O2/c12-10(13)8-11(6-7-11)9-4-2-1-3-5-9/h9H,1-8H2,(H,12,13). The molecule has 13 heavy (non-hydrogen) atoms. The average molecular weight is 182 g/mol. The third kappa shape index (κ3) is 1.87. The van der Waals surface area contributed by atoms with Crippen molar-refractivity contribution in [2.24, 2.45) is 11.3 Å². The summed E-state index contributed by atoms with van der Waals surface area (Å²) in [5.41, 5.74) is 0.242. The van der Waals surface area contributed by atoms with Crippen molar-refractivity contribution in [3.63, 3.8) is 0 Å². The van der Waals surface area contributed by atoms with E-state index in [1.807, 2.05) is 0 Å². The molecule has 1 N–H and O–H groups in total. The fourth-order valence-corrected chi connectivity index (χ4v) is 2.91. The largest absolute Gasteiger partial charge is 0.481 e. The molecular formula is C11H18O2. The molecule has 2 fully saturated rings. The highest BCUT2D eigenvalue weighted by molar-refractivity contribution is 5.68. The Balaban J connectivity index is 1.93. The fourth-order valence-electron chi connectivity index (χ4n) is 2.91. The second-order valence-electron chi connectivity index (χ2n) is 4.77. The molecule has 2 nitrogen and oxygen atoms in total. The zero-order valence-corrected chi connectivity index (χ0v) is 8.09. The van der Waals surface area contributed by atoms with E-state index in [2.05, 4.69) is 0 Å². The molecular weight excluding hydrogens is 164 g/mol. The SMILES string of the molecule is O=C(O)CC1(C2CCCCC2)CC1. The topological polar surface area (TPSA) is 37.3 Å². The highest BCUT2D eigenvalue weighted by atomic mass is 16.4. The van der Waals surface area contributed by atoms with Gasteiger partial charge < -0.3 is 5.11 Å². The van der Waals surface area contributed by atoms with Crippen LogP contribution < -0.4 is 0 Å². The van der Waals surface area contributed by atoms with Crippen LogP contribution in [0.4, 0.5) is 0 Å². The van der Waals surface area contributed by atoms with Crippen LogP contribution in [0.3, 0.4) is 0 Å². The molecule has 2 heteroatoms. The Hall–Kier alpha value is -0.530. The van der Waals surface area contributed by atoms with Crippen molar-refractivity contribution >= 4 is 5.97 Å². The highest BCUT2D eigenvalue weighted by Crippen LogP contribution is 2.58. The second kappa shape index (κ2) is 3.32. The summed E-state index contributed by atoms with van der Waals surface area (Å²) in [5, 5.41) is 8.82. The molecule has 74 valence electrons. The lowest BCUT2D eigenvalue weighted by molar-refractivity contribution is -0.139. The van der Waals surface area contributed by atoms with Crippen LogP contribution >= 0.6 is 0 Å². The predicted molar refractivity (Wildman–Crippen MR) is 50.5 cm³/mol. The first-order valence-corrected chi connectivity index (χ1v) is 5.45. The predicted octanol–water partition coefficient (Wildman–Crippen LogP) is 2.82. The Labute approximate surface area is 79.3 Å². The molecule has 0 aromatic heterocycles. The first-order chi connectivity index (χ1) is 6.23. The molecule has 0 aromatic rings. The molecule has 2 aliphatic rings. The van der Waals surface area contributed by atoms with E-state index in [1.165, 1.54) is 44.9 Å². The molecule has 0 radical (unpaired) electrons. The summed E-state index contributed by atoms with van der Waals surface area (Å²) in [6, 6.07) is 0.